The van der Waals surface area contributed by atoms with E-state index in [0.717, 1.165) is 28.7 Å². The summed E-state index contributed by atoms with van der Waals surface area (Å²) in [6, 6.07) is 14.5. The van der Waals surface area contributed by atoms with E-state index in [1.165, 1.54) is 4.90 Å². The molecule has 1 heterocycles. The molecular formula is C28H34N2O5. The number of benzene rings is 2. The molecule has 1 saturated heterocycles. The van der Waals surface area contributed by atoms with Crippen molar-refractivity contribution < 1.29 is 24.2 Å². The minimum atomic E-state index is -1.01. The molecule has 2 aliphatic rings. The lowest BCUT2D eigenvalue weighted by molar-refractivity contribution is -0.157. The number of rotatable bonds is 7. The molecule has 1 fully saturated rings. The molecule has 4 atom stereocenters. The minimum absolute atomic E-state index is 0.0753. The van der Waals surface area contributed by atoms with Gasteiger partial charge in [0.2, 0.25) is 5.91 Å². The summed E-state index contributed by atoms with van der Waals surface area (Å²) in [5, 5.41) is 12.5. The number of aliphatic carboxylic acids is 1. The minimum Gasteiger partial charge on any atom is -0.480 e. The van der Waals surface area contributed by atoms with Crippen molar-refractivity contribution in [1.82, 2.24) is 10.2 Å². The number of carbonyl (C=O) groups is 3. The molecule has 0 aromatic heterocycles. The zero-order valence-corrected chi connectivity index (χ0v) is 20.6. The SMILES string of the molecule is CCCC(NC(=O)OCC1c2ccccc2-c2ccccc21)C(=O)N1CC(C)CC(C)C1C(=O)O. The molecule has 2 N–H and O–H groups in total. The Labute approximate surface area is 206 Å². The number of hydrogen-bond donors (Lipinski definition) is 2. The predicted octanol–water partition coefficient (Wildman–Crippen LogP) is 4.65. The van der Waals surface area contributed by atoms with Crippen LogP contribution in [0.15, 0.2) is 48.5 Å². The van der Waals surface area contributed by atoms with Crippen molar-refractivity contribution in [2.45, 2.75) is 58.0 Å². The second-order valence-corrected chi connectivity index (χ2v) is 9.90. The molecule has 4 rings (SSSR count). The van der Waals surface area contributed by atoms with Gasteiger partial charge in [0, 0.05) is 12.5 Å². The number of fused-ring (bicyclic) bond motifs is 3. The van der Waals surface area contributed by atoms with Gasteiger partial charge in [0.25, 0.3) is 0 Å². The zero-order valence-electron chi connectivity index (χ0n) is 20.6. The fraction of sp³-hybridized carbons (Fsp3) is 0.464. The normalized spacial score (nSPS) is 22.1. The van der Waals surface area contributed by atoms with Crippen molar-refractivity contribution in [2.75, 3.05) is 13.2 Å². The number of alkyl carbamates (subject to hydrolysis) is 1. The number of carbonyl (C=O) groups excluding carboxylic acids is 2. The first kappa shape index (κ1) is 24.8. The Kier molecular flexibility index (Phi) is 7.43. The highest BCUT2D eigenvalue weighted by atomic mass is 16.5. The number of carboxylic acid groups (broad SMARTS) is 1. The van der Waals surface area contributed by atoms with Crippen LogP contribution >= 0.6 is 0 Å². The van der Waals surface area contributed by atoms with Gasteiger partial charge >= 0.3 is 12.1 Å². The van der Waals surface area contributed by atoms with E-state index in [4.69, 9.17) is 4.74 Å². The van der Waals surface area contributed by atoms with Crippen LogP contribution in [-0.2, 0) is 14.3 Å². The molecule has 4 unspecified atom stereocenters. The van der Waals surface area contributed by atoms with Crippen molar-refractivity contribution >= 4 is 18.0 Å². The van der Waals surface area contributed by atoms with E-state index >= 15 is 0 Å². The van der Waals surface area contributed by atoms with E-state index in [1.54, 1.807) is 0 Å². The smallest absolute Gasteiger partial charge is 0.407 e. The van der Waals surface area contributed by atoms with Crippen LogP contribution in [0.25, 0.3) is 11.1 Å². The lowest BCUT2D eigenvalue weighted by Gasteiger charge is -2.41. The van der Waals surface area contributed by atoms with Gasteiger partial charge < -0.3 is 20.1 Å². The zero-order chi connectivity index (χ0) is 25.1. The third kappa shape index (κ3) is 5.04. The average Bonchev–Trinajstić information content (AvgIpc) is 3.15. The monoisotopic (exact) mass is 478 g/mol. The van der Waals surface area contributed by atoms with E-state index in [9.17, 15) is 19.5 Å². The van der Waals surface area contributed by atoms with Gasteiger partial charge in [-0.25, -0.2) is 9.59 Å². The molecule has 1 aliphatic heterocycles. The molecule has 2 aromatic rings. The molecule has 0 bridgehead atoms. The molecule has 7 nitrogen and oxygen atoms in total. The van der Waals surface area contributed by atoms with Gasteiger partial charge in [0.15, 0.2) is 0 Å². The third-order valence-electron chi connectivity index (χ3n) is 7.20. The number of piperidine rings is 1. The molecule has 35 heavy (non-hydrogen) atoms. The molecular weight excluding hydrogens is 444 g/mol. The Morgan fingerprint density at radius 3 is 2.23 bits per heavy atom. The standard InChI is InChI=1S/C28H34N2O5/c1-4-9-24(26(31)30-15-17(2)14-18(3)25(30)27(32)33)29-28(34)35-16-23-21-12-7-5-10-19(21)20-11-6-8-13-22(20)23/h5-8,10-13,17-18,23-25H,4,9,14-16H2,1-3H3,(H,29,34)(H,32,33). The summed E-state index contributed by atoms with van der Waals surface area (Å²) in [7, 11) is 0. The van der Waals surface area contributed by atoms with Crippen molar-refractivity contribution in [1.29, 1.82) is 0 Å². The van der Waals surface area contributed by atoms with Crippen LogP contribution in [0, 0.1) is 11.8 Å². The summed E-state index contributed by atoms with van der Waals surface area (Å²) in [5.74, 6) is -1.40. The number of nitrogens with zero attached hydrogens (tertiary/aromatic N) is 1. The van der Waals surface area contributed by atoms with Crippen molar-refractivity contribution in [3.05, 3.63) is 59.7 Å². The summed E-state index contributed by atoms with van der Waals surface area (Å²) < 4.78 is 5.63. The molecule has 0 saturated carbocycles. The number of amides is 2. The van der Waals surface area contributed by atoms with Crippen LogP contribution in [0.2, 0.25) is 0 Å². The molecule has 1 aliphatic carbocycles. The van der Waals surface area contributed by atoms with Crippen molar-refractivity contribution in [3.8, 4) is 11.1 Å². The van der Waals surface area contributed by atoms with Crippen LogP contribution in [0.5, 0.6) is 0 Å². The molecule has 2 aromatic carbocycles. The van der Waals surface area contributed by atoms with Crippen LogP contribution in [0.4, 0.5) is 4.79 Å². The number of nitrogens with one attached hydrogen (secondary N) is 1. The van der Waals surface area contributed by atoms with E-state index < -0.39 is 24.1 Å². The average molecular weight is 479 g/mol. The Balaban J connectivity index is 1.45. The lowest BCUT2D eigenvalue weighted by atomic mass is 9.84. The summed E-state index contributed by atoms with van der Waals surface area (Å²) in [4.78, 5) is 39.6. The number of ether oxygens (including phenoxy) is 1. The maximum absolute atomic E-state index is 13.4. The predicted molar refractivity (Wildman–Crippen MR) is 133 cm³/mol. The van der Waals surface area contributed by atoms with Gasteiger partial charge in [-0.15, -0.1) is 0 Å². The Morgan fingerprint density at radius 2 is 1.66 bits per heavy atom. The van der Waals surface area contributed by atoms with Gasteiger partial charge in [-0.2, -0.15) is 0 Å². The Morgan fingerprint density at radius 1 is 1.06 bits per heavy atom. The summed E-state index contributed by atoms with van der Waals surface area (Å²) in [6.07, 6.45) is 1.16. The maximum Gasteiger partial charge on any atom is 0.407 e. The molecule has 0 spiro atoms. The van der Waals surface area contributed by atoms with Gasteiger partial charge in [0.05, 0.1) is 0 Å². The molecule has 186 valence electrons. The summed E-state index contributed by atoms with van der Waals surface area (Å²) in [5.41, 5.74) is 4.51. The van der Waals surface area contributed by atoms with E-state index in [0.29, 0.717) is 19.4 Å². The van der Waals surface area contributed by atoms with Crippen LogP contribution in [0.3, 0.4) is 0 Å². The first-order valence-corrected chi connectivity index (χ1v) is 12.5. The van der Waals surface area contributed by atoms with E-state index in [1.807, 2.05) is 45.0 Å². The fourth-order valence-corrected chi connectivity index (χ4v) is 5.73. The highest BCUT2D eigenvalue weighted by molar-refractivity contribution is 5.89. The quantitative estimate of drug-likeness (QED) is 0.604. The highest BCUT2D eigenvalue weighted by Gasteiger charge is 2.41. The third-order valence-corrected chi connectivity index (χ3v) is 7.20. The maximum atomic E-state index is 13.4. The van der Waals surface area contributed by atoms with Crippen LogP contribution in [-0.4, -0.2) is 53.2 Å². The van der Waals surface area contributed by atoms with Crippen LogP contribution < -0.4 is 5.32 Å². The molecule has 2 amide bonds. The van der Waals surface area contributed by atoms with E-state index in [2.05, 4.69) is 29.6 Å². The Bertz CT molecular complexity index is 1050. The van der Waals surface area contributed by atoms with E-state index in [-0.39, 0.29) is 30.3 Å². The van der Waals surface area contributed by atoms with Gasteiger partial charge in [-0.05, 0) is 46.9 Å². The first-order valence-electron chi connectivity index (χ1n) is 12.5. The number of carboxylic acids is 1. The number of hydrogen-bond acceptors (Lipinski definition) is 4. The van der Waals surface area contributed by atoms with Crippen molar-refractivity contribution in [3.63, 3.8) is 0 Å². The fourth-order valence-electron chi connectivity index (χ4n) is 5.73. The summed E-state index contributed by atoms with van der Waals surface area (Å²) in [6.45, 7) is 6.33. The molecule has 7 heteroatoms. The van der Waals surface area contributed by atoms with Crippen LogP contribution in [0.1, 0.15) is 57.1 Å². The number of likely N-dealkylation sites (tertiary alicyclic amines) is 1. The first-order chi connectivity index (χ1) is 16.8. The van der Waals surface area contributed by atoms with Gasteiger partial charge in [0.1, 0.15) is 18.7 Å². The highest BCUT2D eigenvalue weighted by Crippen LogP contribution is 2.44. The lowest BCUT2D eigenvalue weighted by Crippen LogP contribution is -2.59. The largest absolute Gasteiger partial charge is 0.480 e. The second-order valence-electron chi connectivity index (χ2n) is 9.90. The van der Waals surface area contributed by atoms with Crippen molar-refractivity contribution in [2.24, 2.45) is 11.8 Å². The topological polar surface area (TPSA) is 95.9 Å². The summed E-state index contributed by atoms with van der Waals surface area (Å²) >= 11 is 0. The second kappa shape index (κ2) is 10.5. The molecule has 0 radical (unpaired) electrons. The Hall–Kier alpha value is -3.35. The van der Waals surface area contributed by atoms with Gasteiger partial charge in [-0.1, -0.05) is 75.7 Å². The van der Waals surface area contributed by atoms with Gasteiger partial charge in [-0.3, -0.25) is 4.79 Å².